The highest BCUT2D eigenvalue weighted by atomic mass is 16.5. The fourth-order valence-electron chi connectivity index (χ4n) is 1.71. The monoisotopic (exact) mass is 285 g/mol. The second-order valence-electron chi connectivity index (χ2n) is 4.37. The Morgan fingerprint density at radius 1 is 1.43 bits per heavy atom. The number of carbonyl (C=O) groups is 1. The van der Waals surface area contributed by atoms with Crippen LogP contribution in [0.25, 0.3) is 11.4 Å². The normalized spacial score (nSPS) is 10.1. The highest BCUT2D eigenvalue weighted by Gasteiger charge is 2.09. The maximum Gasteiger partial charge on any atom is 0.330 e. The Morgan fingerprint density at radius 2 is 2.24 bits per heavy atom. The molecular formula is C15H15N3O3. The van der Waals surface area contributed by atoms with E-state index in [1.54, 1.807) is 12.1 Å². The van der Waals surface area contributed by atoms with Gasteiger partial charge in [0.05, 0.1) is 12.2 Å². The van der Waals surface area contributed by atoms with Crippen LogP contribution in [0.4, 0.5) is 0 Å². The van der Waals surface area contributed by atoms with Crippen LogP contribution in [0.5, 0.6) is 5.75 Å². The van der Waals surface area contributed by atoms with Gasteiger partial charge in [-0.15, -0.1) is 0 Å². The molecule has 0 saturated heterocycles. The number of rotatable bonds is 5. The van der Waals surface area contributed by atoms with Crippen LogP contribution in [0, 0.1) is 6.92 Å². The second-order valence-corrected chi connectivity index (χ2v) is 4.37. The lowest BCUT2D eigenvalue weighted by Gasteiger charge is -2.06. The second kappa shape index (κ2) is 6.60. The summed E-state index contributed by atoms with van der Waals surface area (Å²) in [4.78, 5) is 23.3. The molecule has 108 valence electrons. The van der Waals surface area contributed by atoms with E-state index < -0.39 is 5.97 Å². The summed E-state index contributed by atoms with van der Waals surface area (Å²) in [5, 5.41) is 9.94. The molecule has 1 N–H and O–H groups in total. The first kappa shape index (κ1) is 14.6. The van der Waals surface area contributed by atoms with E-state index in [0.717, 1.165) is 11.6 Å². The van der Waals surface area contributed by atoms with Crippen LogP contribution in [0.3, 0.4) is 0 Å². The number of ether oxygens (including phenoxy) is 1. The van der Waals surface area contributed by atoms with Gasteiger partial charge in [0.15, 0.2) is 5.82 Å². The molecule has 0 radical (unpaired) electrons. The minimum atomic E-state index is -0.486. The van der Waals surface area contributed by atoms with E-state index >= 15 is 0 Å². The van der Waals surface area contributed by atoms with Gasteiger partial charge in [0.2, 0.25) is 0 Å². The SMILES string of the molecule is C=CC(=O)OCCc1ncnc(-c2ccc(C)cc2O)n1. The third-order valence-electron chi connectivity index (χ3n) is 2.75. The fraction of sp³-hybridized carbons (Fsp3) is 0.200. The van der Waals surface area contributed by atoms with Crippen molar-refractivity contribution in [2.75, 3.05) is 6.61 Å². The Labute approximate surface area is 122 Å². The third kappa shape index (κ3) is 3.85. The Hall–Kier alpha value is -2.76. The molecule has 6 nitrogen and oxygen atoms in total. The summed E-state index contributed by atoms with van der Waals surface area (Å²) in [5.74, 6) is 0.495. The van der Waals surface area contributed by atoms with E-state index in [2.05, 4.69) is 21.5 Å². The van der Waals surface area contributed by atoms with Gasteiger partial charge >= 0.3 is 5.97 Å². The molecule has 0 atom stereocenters. The van der Waals surface area contributed by atoms with Gasteiger partial charge < -0.3 is 9.84 Å². The number of benzene rings is 1. The standard InChI is InChI=1S/C15H15N3O3/c1-3-14(20)21-7-6-13-16-9-17-15(18-13)11-5-4-10(2)8-12(11)19/h3-5,8-9,19H,1,6-7H2,2H3. The van der Waals surface area contributed by atoms with Crippen molar-refractivity contribution in [2.45, 2.75) is 13.3 Å². The van der Waals surface area contributed by atoms with E-state index in [0.29, 0.717) is 23.6 Å². The molecule has 2 rings (SSSR count). The summed E-state index contributed by atoms with van der Waals surface area (Å²) >= 11 is 0. The molecule has 0 aliphatic rings. The molecule has 6 heteroatoms. The van der Waals surface area contributed by atoms with Gasteiger partial charge in [-0.3, -0.25) is 0 Å². The minimum absolute atomic E-state index is 0.116. The summed E-state index contributed by atoms with van der Waals surface area (Å²) in [7, 11) is 0. The molecule has 0 saturated carbocycles. The quantitative estimate of drug-likeness (QED) is 0.666. The zero-order valence-electron chi connectivity index (χ0n) is 11.6. The van der Waals surface area contributed by atoms with Crippen LogP contribution in [0.2, 0.25) is 0 Å². The van der Waals surface area contributed by atoms with E-state index in [9.17, 15) is 9.90 Å². The van der Waals surface area contributed by atoms with Gasteiger partial charge in [-0.25, -0.2) is 19.7 Å². The van der Waals surface area contributed by atoms with E-state index in [1.165, 1.54) is 6.33 Å². The number of carbonyl (C=O) groups excluding carboxylic acids is 1. The van der Waals surface area contributed by atoms with Gasteiger partial charge in [-0.1, -0.05) is 12.6 Å². The summed E-state index contributed by atoms with van der Waals surface area (Å²) in [5.41, 5.74) is 1.48. The van der Waals surface area contributed by atoms with E-state index in [1.807, 2.05) is 13.0 Å². The third-order valence-corrected chi connectivity index (χ3v) is 2.75. The number of esters is 1. The molecule has 0 spiro atoms. The van der Waals surface area contributed by atoms with Gasteiger partial charge in [0, 0.05) is 12.5 Å². The van der Waals surface area contributed by atoms with Gasteiger partial charge in [-0.2, -0.15) is 0 Å². The Bertz CT molecular complexity index is 671. The average molecular weight is 285 g/mol. The van der Waals surface area contributed by atoms with Crippen LogP contribution >= 0.6 is 0 Å². The van der Waals surface area contributed by atoms with Crippen LogP contribution in [-0.2, 0) is 16.0 Å². The van der Waals surface area contributed by atoms with Crippen LogP contribution in [0.15, 0.2) is 37.2 Å². The fourth-order valence-corrected chi connectivity index (χ4v) is 1.71. The number of phenolic OH excluding ortho intramolecular Hbond substituents is 1. The molecular weight excluding hydrogens is 270 g/mol. The van der Waals surface area contributed by atoms with Crippen molar-refractivity contribution in [3.05, 3.63) is 48.6 Å². The first-order valence-electron chi connectivity index (χ1n) is 6.37. The maximum atomic E-state index is 10.9. The Kier molecular flexibility index (Phi) is 4.61. The number of hydrogen-bond donors (Lipinski definition) is 1. The number of aromatic hydroxyl groups is 1. The molecule has 0 unspecified atom stereocenters. The van der Waals surface area contributed by atoms with Crippen LogP contribution in [0.1, 0.15) is 11.4 Å². The molecule has 0 bridgehead atoms. The predicted molar refractivity (Wildman–Crippen MR) is 76.5 cm³/mol. The topological polar surface area (TPSA) is 85.2 Å². The van der Waals surface area contributed by atoms with Crippen LogP contribution in [-0.4, -0.2) is 32.6 Å². The Morgan fingerprint density at radius 3 is 2.95 bits per heavy atom. The number of hydrogen-bond acceptors (Lipinski definition) is 6. The summed E-state index contributed by atoms with van der Waals surface area (Å²) < 4.78 is 4.87. The van der Waals surface area contributed by atoms with Gasteiger partial charge in [0.25, 0.3) is 0 Å². The van der Waals surface area contributed by atoms with Gasteiger partial charge in [-0.05, 0) is 24.6 Å². The van der Waals surface area contributed by atoms with Crippen molar-refractivity contribution in [1.82, 2.24) is 15.0 Å². The molecule has 2 aromatic rings. The molecule has 1 heterocycles. The lowest BCUT2D eigenvalue weighted by atomic mass is 10.1. The first-order valence-corrected chi connectivity index (χ1v) is 6.37. The smallest absolute Gasteiger partial charge is 0.330 e. The number of nitrogens with zero attached hydrogens (tertiary/aromatic N) is 3. The summed E-state index contributed by atoms with van der Waals surface area (Å²) in [6, 6.07) is 5.26. The van der Waals surface area contributed by atoms with Gasteiger partial charge in [0.1, 0.15) is 17.9 Å². The van der Waals surface area contributed by atoms with E-state index in [4.69, 9.17) is 4.74 Å². The van der Waals surface area contributed by atoms with Crippen molar-refractivity contribution in [1.29, 1.82) is 0 Å². The average Bonchev–Trinajstić information content (AvgIpc) is 2.47. The largest absolute Gasteiger partial charge is 0.507 e. The molecule has 0 fully saturated rings. The minimum Gasteiger partial charge on any atom is -0.507 e. The summed E-state index contributed by atoms with van der Waals surface area (Å²) in [6.07, 6.45) is 2.83. The zero-order valence-corrected chi connectivity index (χ0v) is 11.6. The number of aromatic nitrogens is 3. The molecule has 21 heavy (non-hydrogen) atoms. The van der Waals surface area contributed by atoms with Crippen molar-refractivity contribution >= 4 is 5.97 Å². The molecule has 1 aromatic heterocycles. The van der Waals surface area contributed by atoms with Crippen LogP contribution < -0.4 is 0 Å². The number of aryl methyl sites for hydroxylation is 1. The highest BCUT2D eigenvalue weighted by Crippen LogP contribution is 2.26. The molecule has 0 amide bonds. The Balaban J connectivity index is 2.13. The summed E-state index contributed by atoms with van der Waals surface area (Å²) in [6.45, 7) is 5.36. The van der Waals surface area contributed by atoms with Crippen molar-refractivity contribution in [3.8, 4) is 17.1 Å². The highest BCUT2D eigenvalue weighted by molar-refractivity contribution is 5.81. The lowest BCUT2D eigenvalue weighted by Crippen LogP contribution is -2.07. The van der Waals surface area contributed by atoms with Crippen molar-refractivity contribution < 1.29 is 14.6 Å². The number of phenols is 1. The predicted octanol–water partition coefficient (Wildman–Crippen LogP) is 1.82. The molecule has 0 aliphatic heterocycles. The maximum absolute atomic E-state index is 10.9. The molecule has 1 aromatic carbocycles. The van der Waals surface area contributed by atoms with Crippen molar-refractivity contribution in [2.24, 2.45) is 0 Å². The van der Waals surface area contributed by atoms with Crippen molar-refractivity contribution in [3.63, 3.8) is 0 Å². The lowest BCUT2D eigenvalue weighted by molar-refractivity contribution is -0.137. The van der Waals surface area contributed by atoms with E-state index in [-0.39, 0.29) is 12.4 Å². The molecule has 0 aliphatic carbocycles. The first-order chi connectivity index (χ1) is 10.1. The zero-order chi connectivity index (χ0) is 15.2.